The fourth-order valence-electron chi connectivity index (χ4n) is 3.70. The number of aromatic nitrogens is 1. The number of hydrogen-bond acceptors (Lipinski definition) is 2. The molecule has 2 nitrogen and oxygen atoms in total. The van der Waals surface area contributed by atoms with Crippen molar-refractivity contribution in [3.8, 4) is 0 Å². The second kappa shape index (κ2) is 7.24. The Morgan fingerprint density at radius 3 is 2.59 bits per heavy atom. The number of anilines is 1. The van der Waals surface area contributed by atoms with Gasteiger partial charge in [0.05, 0.1) is 10.7 Å². The molecule has 4 rings (SSSR count). The molecule has 136 valence electrons. The summed E-state index contributed by atoms with van der Waals surface area (Å²) in [6.07, 6.45) is 4.28. The van der Waals surface area contributed by atoms with Crippen molar-refractivity contribution in [1.29, 1.82) is 0 Å². The van der Waals surface area contributed by atoms with Gasteiger partial charge in [-0.25, -0.2) is 0 Å². The number of thioether (sulfide) groups is 1. The molecule has 2 heterocycles. The Kier molecular flexibility index (Phi) is 4.79. The van der Waals surface area contributed by atoms with E-state index in [2.05, 4.69) is 91.4 Å². The van der Waals surface area contributed by atoms with Crippen LogP contribution in [0.3, 0.4) is 0 Å². The number of benzene rings is 2. The van der Waals surface area contributed by atoms with Gasteiger partial charge in [0.15, 0.2) is 0 Å². The van der Waals surface area contributed by atoms with Gasteiger partial charge in [0.1, 0.15) is 6.54 Å². The molecule has 0 saturated carbocycles. The van der Waals surface area contributed by atoms with E-state index in [0.717, 1.165) is 13.1 Å². The Bertz CT molecular complexity index is 1070. The molecule has 0 amide bonds. The van der Waals surface area contributed by atoms with Crippen LogP contribution in [-0.4, -0.2) is 6.54 Å². The Morgan fingerprint density at radius 2 is 1.81 bits per heavy atom. The van der Waals surface area contributed by atoms with E-state index in [1.54, 1.807) is 0 Å². The van der Waals surface area contributed by atoms with Crippen LogP contribution in [0, 0.1) is 13.8 Å². The van der Waals surface area contributed by atoms with Gasteiger partial charge in [-0.15, -0.1) is 6.58 Å². The maximum absolute atomic E-state index is 3.96. The zero-order chi connectivity index (χ0) is 19.0. The molecule has 3 aromatic rings. The largest absolute Gasteiger partial charge is 0.331 e. The number of nitrogens with zero attached hydrogens (tertiary/aromatic N) is 2. The summed E-state index contributed by atoms with van der Waals surface area (Å²) in [7, 11) is 0. The highest BCUT2D eigenvalue weighted by Crippen LogP contribution is 2.46. The second-order valence-electron chi connectivity index (χ2n) is 7.02. The van der Waals surface area contributed by atoms with E-state index in [4.69, 9.17) is 0 Å². The Balaban J connectivity index is 1.83. The zero-order valence-corrected chi connectivity index (χ0v) is 17.0. The third-order valence-corrected chi connectivity index (χ3v) is 6.10. The molecule has 1 aromatic heterocycles. The van der Waals surface area contributed by atoms with E-state index < -0.39 is 0 Å². The van der Waals surface area contributed by atoms with E-state index in [-0.39, 0.29) is 0 Å². The lowest BCUT2D eigenvalue weighted by Crippen LogP contribution is -2.37. The number of hydrogen-bond donors (Lipinski definition) is 0. The van der Waals surface area contributed by atoms with Crippen LogP contribution in [0.15, 0.2) is 71.1 Å². The van der Waals surface area contributed by atoms with Crippen LogP contribution in [0.1, 0.15) is 23.7 Å². The topological polar surface area (TPSA) is 7.12 Å². The van der Waals surface area contributed by atoms with Crippen LogP contribution in [0.4, 0.5) is 5.69 Å². The predicted molar refractivity (Wildman–Crippen MR) is 117 cm³/mol. The smallest absolute Gasteiger partial charge is 0.212 e. The molecule has 0 aliphatic carbocycles. The summed E-state index contributed by atoms with van der Waals surface area (Å²) in [6, 6.07) is 17.8. The molecular formula is C24H25N2S+. The van der Waals surface area contributed by atoms with Gasteiger partial charge < -0.3 is 4.90 Å². The zero-order valence-electron chi connectivity index (χ0n) is 16.2. The lowest BCUT2D eigenvalue weighted by atomic mass is 10.1. The number of pyridine rings is 1. The summed E-state index contributed by atoms with van der Waals surface area (Å²) in [4.78, 5) is 3.67. The van der Waals surface area contributed by atoms with E-state index in [0.29, 0.717) is 0 Å². The lowest BCUT2D eigenvalue weighted by molar-refractivity contribution is -0.669. The normalized spacial score (nSPS) is 14.8. The molecule has 1 aliphatic heterocycles. The first kappa shape index (κ1) is 17.9. The fraction of sp³-hybridized carbons (Fsp3) is 0.208. The summed E-state index contributed by atoms with van der Waals surface area (Å²) in [5, 5.41) is 2.55. The highest BCUT2D eigenvalue weighted by atomic mass is 32.2. The summed E-state index contributed by atoms with van der Waals surface area (Å²) < 4.78 is 2.39. The molecule has 2 aromatic carbocycles. The molecule has 0 saturated heterocycles. The van der Waals surface area contributed by atoms with Crippen molar-refractivity contribution in [3.05, 3.63) is 83.0 Å². The van der Waals surface area contributed by atoms with Crippen molar-refractivity contribution >= 4 is 34.4 Å². The molecule has 0 radical (unpaired) electrons. The Labute approximate surface area is 165 Å². The molecule has 1 aliphatic rings. The van der Waals surface area contributed by atoms with Gasteiger partial charge in [-0.2, -0.15) is 4.57 Å². The number of rotatable bonds is 4. The third-order valence-electron chi connectivity index (χ3n) is 5.01. The quantitative estimate of drug-likeness (QED) is 0.418. The average molecular weight is 374 g/mol. The van der Waals surface area contributed by atoms with Gasteiger partial charge in [-0.1, -0.05) is 35.5 Å². The van der Waals surface area contributed by atoms with Crippen LogP contribution in [0.2, 0.25) is 0 Å². The summed E-state index contributed by atoms with van der Waals surface area (Å²) >= 11 is 1.85. The standard InChI is InChI=1S/C24H25N2S/c1-5-13-26-22-12-8-18(4)15-23(22)27-24(26)16-20-10-9-19-14-17(3)7-11-21(19)25(20)6-2/h5,7-12,14-16H,1,6,13H2,2-4H3/q+1. The van der Waals surface area contributed by atoms with Gasteiger partial charge in [0.25, 0.3) is 0 Å². The van der Waals surface area contributed by atoms with Crippen molar-refractivity contribution in [2.45, 2.75) is 32.2 Å². The average Bonchev–Trinajstić information content (AvgIpc) is 2.98. The summed E-state index contributed by atoms with van der Waals surface area (Å²) in [5.41, 5.74) is 6.38. The molecule has 27 heavy (non-hydrogen) atoms. The second-order valence-corrected chi connectivity index (χ2v) is 8.08. The molecule has 0 fully saturated rings. The number of aryl methyl sites for hydroxylation is 3. The lowest BCUT2D eigenvalue weighted by Gasteiger charge is -2.18. The summed E-state index contributed by atoms with van der Waals surface area (Å²) in [6.45, 7) is 12.2. The van der Waals surface area contributed by atoms with Crippen LogP contribution >= 0.6 is 11.8 Å². The van der Waals surface area contributed by atoms with Gasteiger partial charge in [0.2, 0.25) is 11.2 Å². The van der Waals surface area contributed by atoms with Gasteiger partial charge in [-0.05, 0) is 50.6 Å². The van der Waals surface area contributed by atoms with Crippen LogP contribution < -0.4 is 9.47 Å². The highest BCUT2D eigenvalue weighted by Gasteiger charge is 2.25. The van der Waals surface area contributed by atoms with E-state index in [9.17, 15) is 0 Å². The minimum absolute atomic E-state index is 0.813. The van der Waals surface area contributed by atoms with Crippen LogP contribution in [-0.2, 0) is 6.54 Å². The molecular weight excluding hydrogens is 348 g/mol. The third kappa shape index (κ3) is 3.28. The van der Waals surface area contributed by atoms with Crippen LogP contribution in [0.25, 0.3) is 17.0 Å². The van der Waals surface area contributed by atoms with Crippen molar-refractivity contribution in [1.82, 2.24) is 0 Å². The molecule has 0 N–H and O–H groups in total. The van der Waals surface area contributed by atoms with Gasteiger partial charge >= 0.3 is 0 Å². The summed E-state index contributed by atoms with van der Waals surface area (Å²) in [5.74, 6) is 0. The molecule has 0 unspecified atom stereocenters. The minimum Gasteiger partial charge on any atom is -0.331 e. The SMILES string of the molecule is C=CCN1/C(=C/c2ccc3cc(C)ccc3[n+]2CC)Sc2cc(C)ccc21. The minimum atomic E-state index is 0.813. The Hall–Kier alpha value is -2.52. The van der Waals surface area contributed by atoms with E-state index in [1.165, 1.54) is 43.3 Å². The monoisotopic (exact) mass is 373 g/mol. The van der Waals surface area contributed by atoms with E-state index in [1.807, 2.05) is 17.8 Å². The molecule has 0 spiro atoms. The fourth-order valence-corrected chi connectivity index (χ4v) is 4.92. The predicted octanol–water partition coefficient (Wildman–Crippen LogP) is 5.86. The number of fused-ring (bicyclic) bond motifs is 2. The first-order chi connectivity index (χ1) is 13.1. The van der Waals surface area contributed by atoms with Crippen LogP contribution in [0.5, 0.6) is 0 Å². The highest BCUT2D eigenvalue weighted by molar-refractivity contribution is 8.03. The van der Waals surface area contributed by atoms with Gasteiger partial charge in [-0.3, -0.25) is 0 Å². The first-order valence-corrected chi connectivity index (χ1v) is 10.2. The Morgan fingerprint density at radius 1 is 1.04 bits per heavy atom. The van der Waals surface area contributed by atoms with Crippen molar-refractivity contribution in [2.24, 2.45) is 0 Å². The maximum atomic E-state index is 3.96. The van der Waals surface area contributed by atoms with Crippen molar-refractivity contribution in [3.63, 3.8) is 0 Å². The van der Waals surface area contributed by atoms with Crippen molar-refractivity contribution < 1.29 is 4.57 Å². The van der Waals surface area contributed by atoms with Gasteiger partial charge in [0, 0.05) is 35.0 Å². The molecule has 0 bridgehead atoms. The molecule has 3 heteroatoms. The van der Waals surface area contributed by atoms with Crippen molar-refractivity contribution in [2.75, 3.05) is 11.4 Å². The maximum Gasteiger partial charge on any atom is 0.212 e. The first-order valence-electron chi connectivity index (χ1n) is 9.42. The van der Waals surface area contributed by atoms with E-state index >= 15 is 0 Å². The molecule has 0 atom stereocenters.